The van der Waals surface area contributed by atoms with Gasteiger partial charge in [0.2, 0.25) is 15.9 Å². The van der Waals surface area contributed by atoms with E-state index in [4.69, 9.17) is 5.73 Å². The largest absolute Gasteiger partial charge is 0.341 e. The fourth-order valence-electron chi connectivity index (χ4n) is 3.10. The topological polar surface area (TPSA) is 92.5 Å². The van der Waals surface area contributed by atoms with Crippen molar-refractivity contribution in [1.29, 1.82) is 0 Å². The second-order valence-corrected chi connectivity index (χ2v) is 9.34. The smallest absolute Gasteiger partial charge is 0.250 e. The Morgan fingerprint density at radius 1 is 1.19 bits per heavy atom. The maximum Gasteiger partial charge on any atom is 0.250 e. The van der Waals surface area contributed by atoms with Gasteiger partial charge < -0.3 is 10.6 Å². The number of benzene rings is 1. The lowest BCUT2D eigenvalue weighted by molar-refractivity contribution is -0.133. The zero-order valence-electron chi connectivity index (χ0n) is 14.8. The maximum atomic E-state index is 12.5. The number of rotatable bonds is 6. The molecule has 3 rings (SSSR count). The zero-order chi connectivity index (χ0) is 18.6. The second kappa shape index (κ2) is 9.66. The molecule has 0 unspecified atom stereocenters. The fraction of sp³-hybridized carbons (Fsp3) is 0.389. The molecule has 6 nitrogen and oxygen atoms in total. The lowest BCUT2D eigenvalue weighted by Crippen LogP contribution is -2.51. The third-order valence-electron chi connectivity index (χ3n) is 4.50. The minimum atomic E-state index is -3.47. The van der Waals surface area contributed by atoms with Gasteiger partial charge in [-0.15, -0.1) is 23.7 Å². The first-order chi connectivity index (χ1) is 12.5. The molecule has 27 heavy (non-hydrogen) atoms. The van der Waals surface area contributed by atoms with Gasteiger partial charge in [0.05, 0.1) is 6.04 Å². The van der Waals surface area contributed by atoms with Crippen molar-refractivity contribution >= 4 is 39.7 Å². The van der Waals surface area contributed by atoms with Crippen molar-refractivity contribution in [1.82, 2.24) is 9.62 Å². The first kappa shape index (κ1) is 21.8. The summed E-state index contributed by atoms with van der Waals surface area (Å²) in [6.07, 6.45) is 1.69. The molecule has 1 fully saturated rings. The van der Waals surface area contributed by atoms with Crippen LogP contribution in [0, 0.1) is 0 Å². The monoisotopic (exact) mass is 429 g/mol. The highest BCUT2D eigenvalue weighted by molar-refractivity contribution is 7.91. The van der Waals surface area contributed by atoms with E-state index in [1.165, 1.54) is 11.3 Å². The van der Waals surface area contributed by atoms with E-state index < -0.39 is 16.1 Å². The maximum absolute atomic E-state index is 12.5. The molecule has 1 atom stereocenters. The number of piperidine rings is 1. The molecule has 1 aliphatic heterocycles. The molecule has 2 aromatic rings. The lowest BCUT2D eigenvalue weighted by atomic mass is 10.0. The number of sulfonamides is 1. The number of carbonyl (C=O) groups is 1. The molecule has 1 saturated heterocycles. The van der Waals surface area contributed by atoms with Crippen molar-refractivity contribution in [3.8, 4) is 0 Å². The van der Waals surface area contributed by atoms with E-state index in [0.717, 1.165) is 5.56 Å². The molecule has 0 radical (unpaired) electrons. The Morgan fingerprint density at radius 2 is 1.85 bits per heavy atom. The van der Waals surface area contributed by atoms with Gasteiger partial charge in [-0.25, -0.2) is 13.1 Å². The summed E-state index contributed by atoms with van der Waals surface area (Å²) in [5.74, 6) is -0.0755. The molecular weight excluding hydrogens is 406 g/mol. The third-order valence-corrected chi connectivity index (χ3v) is 7.42. The highest BCUT2D eigenvalue weighted by Crippen LogP contribution is 2.19. The van der Waals surface area contributed by atoms with Crippen molar-refractivity contribution in [2.45, 2.75) is 35.6 Å². The van der Waals surface area contributed by atoms with Crippen molar-refractivity contribution < 1.29 is 13.2 Å². The summed E-state index contributed by atoms with van der Waals surface area (Å²) in [6.45, 7) is 1.03. The number of carbonyl (C=O) groups excluding carboxylic acids is 1. The highest BCUT2D eigenvalue weighted by Gasteiger charge is 2.29. The summed E-state index contributed by atoms with van der Waals surface area (Å²) in [7, 11) is -3.47. The Balaban J connectivity index is 0.00000261. The van der Waals surface area contributed by atoms with Crippen molar-refractivity contribution in [3.63, 3.8) is 0 Å². The fourth-order valence-corrected chi connectivity index (χ4v) is 5.42. The molecular formula is C18H24ClN3O3S2. The van der Waals surface area contributed by atoms with Gasteiger partial charge in [0.1, 0.15) is 4.21 Å². The van der Waals surface area contributed by atoms with Crippen LogP contribution in [0.25, 0.3) is 0 Å². The predicted octanol–water partition coefficient (Wildman–Crippen LogP) is 2.01. The van der Waals surface area contributed by atoms with Gasteiger partial charge in [0, 0.05) is 19.1 Å². The molecule has 1 aliphatic rings. The number of nitrogens with one attached hydrogen (secondary N) is 1. The van der Waals surface area contributed by atoms with Crippen molar-refractivity contribution in [2.24, 2.45) is 5.73 Å². The second-order valence-electron chi connectivity index (χ2n) is 6.45. The Kier molecular flexibility index (Phi) is 7.81. The predicted molar refractivity (Wildman–Crippen MR) is 110 cm³/mol. The SMILES string of the molecule is Cl.N[C@@H](Cc1ccccc1)C(=O)N1CCC(NS(=O)(=O)c2cccs2)CC1. The van der Waals surface area contributed by atoms with Gasteiger partial charge >= 0.3 is 0 Å². The van der Waals surface area contributed by atoms with Gasteiger partial charge in [-0.2, -0.15) is 0 Å². The van der Waals surface area contributed by atoms with Crippen LogP contribution < -0.4 is 10.5 Å². The Morgan fingerprint density at radius 3 is 2.44 bits per heavy atom. The van der Waals surface area contributed by atoms with Crippen LogP contribution in [0.4, 0.5) is 0 Å². The van der Waals surface area contributed by atoms with E-state index in [-0.39, 0.29) is 24.4 Å². The minimum Gasteiger partial charge on any atom is -0.341 e. The van der Waals surface area contributed by atoms with Gasteiger partial charge in [0.15, 0.2) is 0 Å². The zero-order valence-corrected chi connectivity index (χ0v) is 17.2. The van der Waals surface area contributed by atoms with Gasteiger partial charge in [-0.3, -0.25) is 4.79 Å². The number of likely N-dealkylation sites (tertiary alicyclic amines) is 1. The quantitative estimate of drug-likeness (QED) is 0.734. The van der Waals surface area contributed by atoms with Crippen LogP contribution in [0.15, 0.2) is 52.1 Å². The number of nitrogens with two attached hydrogens (primary N) is 1. The van der Waals surface area contributed by atoms with Gasteiger partial charge in [-0.05, 0) is 36.3 Å². The molecule has 0 spiro atoms. The molecule has 1 aromatic carbocycles. The summed E-state index contributed by atoms with van der Waals surface area (Å²) in [5, 5.41) is 1.74. The molecule has 1 amide bonds. The normalized spacial score (nSPS) is 16.6. The average molecular weight is 430 g/mol. The van der Waals surface area contributed by atoms with E-state index >= 15 is 0 Å². The van der Waals surface area contributed by atoms with Crippen LogP contribution >= 0.6 is 23.7 Å². The molecule has 2 heterocycles. The molecule has 0 saturated carbocycles. The Bertz CT molecular complexity index is 821. The Hall–Kier alpha value is -1.45. The number of hydrogen-bond donors (Lipinski definition) is 2. The number of thiophene rings is 1. The van der Waals surface area contributed by atoms with Crippen LogP contribution in [-0.4, -0.2) is 44.4 Å². The number of amides is 1. The van der Waals surface area contributed by atoms with E-state index in [2.05, 4.69) is 4.72 Å². The van der Waals surface area contributed by atoms with Crippen molar-refractivity contribution in [3.05, 3.63) is 53.4 Å². The van der Waals surface area contributed by atoms with Gasteiger partial charge in [0.25, 0.3) is 0 Å². The minimum absolute atomic E-state index is 0. The standard InChI is InChI=1S/C18H23N3O3S2.ClH/c19-16(13-14-5-2-1-3-6-14)18(22)21-10-8-15(9-11-21)20-26(23,24)17-7-4-12-25-17;/h1-7,12,15-16,20H,8-11,13,19H2;1H/t16-;/m0./s1. The van der Waals surface area contributed by atoms with E-state index in [0.29, 0.717) is 36.6 Å². The molecule has 0 aliphatic carbocycles. The molecule has 1 aromatic heterocycles. The summed E-state index contributed by atoms with van der Waals surface area (Å²) >= 11 is 1.20. The van der Waals surface area contributed by atoms with Crippen LogP contribution in [0.3, 0.4) is 0 Å². The summed E-state index contributed by atoms with van der Waals surface area (Å²) in [5.41, 5.74) is 7.11. The van der Waals surface area contributed by atoms with E-state index in [9.17, 15) is 13.2 Å². The first-order valence-corrected chi connectivity index (χ1v) is 11.0. The van der Waals surface area contributed by atoms with Crippen LogP contribution in [0.2, 0.25) is 0 Å². The highest BCUT2D eigenvalue weighted by atomic mass is 35.5. The summed E-state index contributed by atoms with van der Waals surface area (Å²) < 4.78 is 27.6. The molecule has 9 heteroatoms. The molecule has 0 bridgehead atoms. The van der Waals surface area contributed by atoms with Crippen molar-refractivity contribution in [2.75, 3.05) is 13.1 Å². The number of nitrogens with zero attached hydrogens (tertiary/aromatic N) is 1. The number of halogens is 1. The summed E-state index contributed by atoms with van der Waals surface area (Å²) in [4.78, 5) is 14.3. The lowest BCUT2D eigenvalue weighted by Gasteiger charge is -2.33. The van der Waals surface area contributed by atoms with Gasteiger partial charge in [-0.1, -0.05) is 36.4 Å². The molecule has 148 valence electrons. The summed E-state index contributed by atoms with van der Waals surface area (Å²) in [6, 6.07) is 12.3. The van der Waals surface area contributed by atoms with Crippen LogP contribution in [0.1, 0.15) is 18.4 Å². The third kappa shape index (κ3) is 5.76. The van der Waals surface area contributed by atoms with E-state index in [1.54, 1.807) is 22.4 Å². The van der Waals surface area contributed by atoms with E-state index in [1.807, 2.05) is 30.3 Å². The first-order valence-electron chi connectivity index (χ1n) is 8.60. The van der Waals surface area contributed by atoms with Crippen LogP contribution in [-0.2, 0) is 21.2 Å². The van der Waals surface area contributed by atoms with Crippen LogP contribution in [0.5, 0.6) is 0 Å². The Labute approximate surface area is 170 Å². The molecule has 3 N–H and O–H groups in total. The number of hydrogen-bond acceptors (Lipinski definition) is 5. The average Bonchev–Trinajstić information content (AvgIpc) is 3.18.